The lowest BCUT2D eigenvalue weighted by Crippen LogP contribution is -2.46. The van der Waals surface area contributed by atoms with E-state index in [9.17, 15) is 0 Å². The maximum atomic E-state index is 16.6. The monoisotopic (exact) mass is 412 g/mol. The van der Waals surface area contributed by atoms with E-state index in [1.165, 1.54) is 0 Å². The van der Waals surface area contributed by atoms with Crippen molar-refractivity contribution in [2.45, 2.75) is 38.6 Å². The average Bonchev–Trinajstić information content (AvgIpc) is 2.93. The number of ether oxygens (including phenoxy) is 2. The Morgan fingerprint density at radius 2 is 1.16 bits per heavy atom. The molecule has 0 aromatic heterocycles. The minimum Gasteiger partial charge on any atom is -0.426 e. The molecule has 3 heteroatoms. The molecule has 1 aliphatic carbocycles. The smallest absolute Gasteiger partial charge is 0.410 e. The van der Waals surface area contributed by atoms with Gasteiger partial charge in [-0.25, -0.2) is 0 Å². The summed E-state index contributed by atoms with van der Waals surface area (Å²) >= 11 is 0. The van der Waals surface area contributed by atoms with E-state index in [-0.39, 0.29) is 5.92 Å². The SMILES string of the molecule is CC1CCC(C2(F)Oc3ccc4ccccc4c3-c3c(ccc4ccccc34)O2)CC1. The van der Waals surface area contributed by atoms with Crippen molar-refractivity contribution in [3.63, 3.8) is 0 Å². The third kappa shape index (κ3) is 2.98. The van der Waals surface area contributed by atoms with Gasteiger partial charge in [0.25, 0.3) is 0 Å². The van der Waals surface area contributed by atoms with E-state index >= 15 is 4.39 Å². The fourth-order valence-electron chi connectivity index (χ4n) is 5.28. The first-order valence-electron chi connectivity index (χ1n) is 11.2. The molecule has 0 spiro atoms. The van der Waals surface area contributed by atoms with Crippen molar-refractivity contribution in [2.75, 3.05) is 0 Å². The van der Waals surface area contributed by atoms with Gasteiger partial charge in [-0.1, -0.05) is 80.4 Å². The summed E-state index contributed by atoms with van der Waals surface area (Å²) in [7, 11) is 0. The van der Waals surface area contributed by atoms with Crippen LogP contribution in [0.1, 0.15) is 32.6 Å². The Bertz CT molecular complexity index is 1200. The average molecular weight is 413 g/mol. The Balaban J connectivity index is 1.64. The molecule has 6 rings (SSSR count). The molecule has 0 N–H and O–H groups in total. The highest BCUT2D eigenvalue weighted by Gasteiger charge is 2.48. The molecule has 0 amide bonds. The Morgan fingerprint density at radius 1 is 0.677 bits per heavy atom. The number of fused-ring (bicyclic) bond motifs is 7. The highest BCUT2D eigenvalue weighted by molar-refractivity contribution is 6.09. The third-order valence-corrected chi connectivity index (χ3v) is 7.03. The van der Waals surface area contributed by atoms with Crippen molar-refractivity contribution in [1.82, 2.24) is 0 Å². The summed E-state index contributed by atoms with van der Waals surface area (Å²) in [6.45, 7) is 2.23. The first-order chi connectivity index (χ1) is 15.1. The molecule has 1 heterocycles. The van der Waals surface area contributed by atoms with Gasteiger partial charge in [-0.2, -0.15) is 4.39 Å². The molecule has 2 aliphatic rings. The van der Waals surface area contributed by atoms with Crippen LogP contribution in [0.3, 0.4) is 0 Å². The Labute approximate surface area is 181 Å². The van der Waals surface area contributed by atoms with Crippen LogP contribution in [0.5, 0.6) is 11.5 Å². The molecular formula is C28H25FO2. The normalized spacial score (nSPS) is 22.1. The number of benzene rings is 4. The van der Waals surface area contributed by atoms with Crippen molar-refractivity contribution in [1.29, 1.82) is 0 Å². The number of halogens is 1. The summed E-state index contributed by atoms with van der Waals surface area (Å²) < 4.78 is 28.9. The summed E-state index contributed by atoms with van der Waals surface area (Å²) in [6, 6.07) is 22.0. The van der Waals surface area contributed by atoms with Crippen LogP contribution in [-0.4, -0.2) is 6.04 Å². The fraction of sp³-hybridized carbons (Fsp3) is 0.286. The first-order valence-corrected chi connectivity index (χ1v) is 11.2. The highest BCUT2D eigenvalue weighted by Crippen LogP contribution is 2.52. The molecule has 0 unspecified atom stereocenters. The van der Waals surface area contributed by atoms with Crippen LogP contribution < -0.4 is 9.47 Å². The second kappa shape index (κ2) is 6.98. The molecule has 4 aromatic carbocycles. The van der Waals surface area contributed by atoms with Gasteiger partial charge < -0.3 is 9.47 Å². The Hall–Kier alpha value is -3.07. The lowest BCUT2D eigenvalue weighted by molar-refractivity contribution is -0.257. The first kappa shape index (κ1) is 18.7. The van der Waals surface area contributed by atoms with E-state index in [4.69, 9.17) is 9.47 Å². The molecule has 0 radical (unpaired) electrons. The van der Waals surface area contributed by atoms with Gasteiger partial charge in [-0.15, -0.1) is 0 Å². The fourth-order valence-corrected chi connectivity index (χ4v) is 5.28. The highest BCUT2D eigenvalue weighted by atomic mass is 19.2. The lowest BCUT2D eigenvalue weighted by Gasteiger charge is -2.36. The number of alkyl halides is 1. The molecule has 1 aliphatic heterocycles. The second-order valence-electron chi connectivity index (χ2n) is 9.06. The van der Waals surface area contributed by atoms with Crippen LogP contribution in [0.25, 0.3) is 32.7 Å². The second-order valence-corrected chi connectivity index (χ2v) is 9.06. The quantitative estimate of drug-likeness (QED) is 0.316. The predicted octanol–water partition coefficient (Wildman–Crippen LogP) is 7.88. The van der Waals surface area contributed by atoms with Crippen LogP contribution in [0.2, 0.25) is 0 Å². The van der Waals surface area contributed by atoms with Gasteiger partial charge in [0.1, 0.15) is 11.5 Å². The number of hydrogen-bond donors (Lipinski definition) is 0. The lowest BCUT2D eigenvalue weighted by atomic mass is 9.82. The molecule has 1 fully saturated rings. The summed E-state index contributed by atoms with van der Waals surface area (Å²) in [5.74, 6) is 1.43. The van der Waals surface area contributed by atoms with Crippen LogP contribution in [-0.2, 0) is 0 Å². The van der Waals surface area contributed by atoms with Gasteiger partial charge in [-0.3, -0.25) is 0 Å². The van der Waals surface area contributed by atoms with Crippen molar-refractivity contribution < 1.29 is 13.9 Å². The van der Waals surface area contributed by atoms with Crippen LogP contribution in [0, 0.1) is 11.8 Å². The van der Waals surface area contributed by atoms with Gasteiger partial charge in [0.2, 0.25) is 0 Å². The number of rotatable bonds is 1. The molecule has 1 saturated carbocycles. The van der Waals surface area contributed by atoms with Crippen LogP contribution in [0.4, 0.5) is 4.39 Å². The standard InChI is InChI=1S/C28H25FO2/c1-18-10-14-21(15-11-18)28(29)30-24-16-12-19-6-2-4-8-22(19)26(24)27-23-9-5-3-7-20(23)13-17-25(27)31-28/h2-9,12-13,16-18,21H,10-11,14-15H2,1H3. The molecule has 0 atom stereocenters. The minimum absolute atomic E-state index is 0.291. The van der Waals surface area contributed by atoms with Gasteiger partial charge in [0.15, 0.2) is 0 Å². The van der Waals surface area contributed by atoms with E-state index in [1.54, 1.807) is 0 Å². The predicted molar refractivity (Wildman–Crippen MR) is 123 cm³/mol. The van der Waals surface area contributed by atoms with Gasteiger partial charge in [0, 0.05) is 11.1 Å². The van der Waals surface area contributed by atoms with Crippen molar-refractivity contribution in [2.24, 2.45) is 11.8 Å². The summed E-state index contributed by atoms with van der Waals surface area (Å²) in [4.78, 5) is 0. The van der Waals surface area contributed by atoms with E-state index in [0.717, 1.165) is 58.4 Å². The largest absolute Gasteiger partial charge is 0.426 e. The van der Waals surface area contributed by atoms with Crippen molar-refractivity contribution in [3.8, 4) is 22.6 Å². The van der Waals surface area contributed by atoms with E-state index in [1.807, 2.05) is 48.5 Å². The molecule has 0 bridgehead atoms. The molecule has 31 heavy (non-hydrogen) atoms. The van der Waals surface area contributed by atoms with E-state index < -0.39 is 6.04 Å². The third-order valence-electron chi connectivity index (χ3n) is 7.03. The van der Waals surface area contributed by atoms with Gasteiger partial charge in [-0.05, 0) is 52.4 Å². The van der Waals surface area contributed by atoms with E-state index in [2.05, 4.69) is 31.2 Å². The summed E-state index contributed by atoms with van der Waals surface area (Å²) in [6.07, 6.45) is 3.53. The maximum Gasteiger partial charge on any atom is 0.410 e. The maximum absolute atomic E-state index is 16.6. The molecule has 4 aromatic rings. The molecule has 156 valence electrons. The topological polar surface area (TPSA) is 18.5 Å². The van der Waals surface area contributed by atoms with Gasteiger partial charge in [0.05, 0.1) is 5.92 Å². The van der Waals surface area contributed by atoms with Crippen molar-refractivity contribution >= 4 is 21.5 Å². The van der Waals surface area contributed by atoms with Crippen molar-refractivity contribution in [3.05, 3.63) is 72.8 Å². The number of hydrogen-bond acceptors (Lipinski definition) is 2. The summed E-state index contributed by atoms with van der Waals surface area (Å²) in [5, 5.41) is 4.29. The molecular weight excluding hydrogens is 387 g/mol. The molecule has 0 saturated heterocycles. The molecule has 2 nitrogen and oxygen atoms in total. The zero-order chi connectivity index (χ0) is 21.0. The zero-order valence-corrected chi connectivity index (χ0v) is 17.6. The van der Waals surface area contributed by atoms with Crippen LogP contribution >= 0.6 is 0 Å². The Morgan fingerprint density at radius 3 is 1.68 bits per heavy atom. The minimum atomic E-state index is -2.18. The van der Waals surface area contributed by atoms with E-state index in [0.29, 0.717) is 17.4 Å². The zero-order valence-electron chi connectivity index (χ0n) is 17.6. The summed E-state index contributed by atoms with van der Waals surface area (Å²) in [5.41, 5.74) is 1.82. The van der Waals surface area contributed by atoms with Crippen LogP contribution in [0.15, 0.2) is 72.8 Å². The van der Waals surface area contributed by atoms with Gasteiger partial charge >= 0.3 is 6.04 Å². The Kier molecular flexibility index (Phi) is 4.21.